The second kappa shape index (κ2) is 5.16. The summed E-state index contributed by atoms with van der Waals surface area (Å²) in [5.41, 5.74) is -0.0249. The van der Waals surface area contributed by atoms with Crippen LogP contribution in [-0.2, 0) is 4.79 Å². The zero-order valence-electron chi connectivity index (χ0n) is 11.9. The molecule has 2 amide bonds. The number of hydrogen-bond acceptors (Lipinski definition) is 2. The van der Waals surface area contributed by atoms with Crippen LogP contribution in [0.4, 0.5) is 4.79 Å². The molecule has 1 saturated heterocycles. The Bertz CT molecular complexity index is 336. The lowest BCUT2D eigenvalue weighted by Crippen LogP contribution is -2.52. The van der Waals surface area contributed by atoms with Gasteiger partial charge in [0.15, 0.2) is 0 Å². The third-order valence-electron chi connectivity index (χ3n) is 3.92. The summed E-state index contributed by atoms with van der Waals surface area (Å²) in [4.78, 5) is 26.6. The normalized spacial score (nSPS) is 21.8. The van der Waals surface area contributed by atoms with Gasteiger partial charge in [0, 0.05) is 19.6 Å². The summed E-state index contributed by atoms with van der Waals surface area (Å²) < 4.78 is 0. The summed E-state index contributed by atoms with van der Waals surface area (Å²) in [6.07, 6.45) is 1.32. The monoisotopic (exact) mass is 256 g/mol. The van der Waals surface area contributed by atoms with Crippen LogP contribution in [0.15, 0.2) is 0 Å². The van der Waals surface area contributed by atoms with E-state index in [-0.39, 0.29) is 17.5 Å². The molecule has 1 heterocycles. The minimum atomic E-state index is -0.905. The molecule has 2 atom stereocenters. The Hall–Kier alpha value is -1.26. The average Bonchev–Trinajstić information content (AvgIpc) is 2.73. The Balaban J connectivity index is 2.78. The van der Waals surface area contributed by atoms with Gasteiger partial charge in [0.2, 0.25) is 0 Å². The van der Waals surface area contributed by atoms with Crippen LogP contribution < -0.4 is 0 Å². The molecule has 18 heavy (non-hydrogen) atoms. The van der Waals surface area contributed by atoms with E-state index >= 15 is 0 Å². The SMILES string of the molecule is CC(N(C)C(=O)N1CCC[C@@H]1C(=O)O)C(C)(C)C. The highest BCUT2D eigenvalue weighted by atomic mass is 16.4. The van der Waals surface area contributed by atoms with Crippen LogP contribution in [0, 0.1) is 5.41 Å². The smallest absolute Gasteiger partial charge is 0.326 e. The summed E-state index contributed by atoms with van der Waals surface area (Å²) >= 11 is 0. The second-order valence-corrected chi connectivity index (χ2v) is 6.13. The number of hydrogen-bond donors (Lipinski definition) is 1. The minimum absolute atomic E-state index is 0.0249. The lowest BCUT2D eigenvalue weighted by atomic mass is 9.87. The van der Waals surface area contributed by atoms with Gasteiger partial charge in [0.05, 0.1) is 0 Å². The third kappa shape index (κ3) is 2.94. The van der Waals surface area contributed by atoms with Gasteiger partial charge in [0.25, 0.3) is 0 Å². The predicted octanol–water partition coefficient (Wildman–Crippen LogP) is 2.02. The number of aliphatic carboxylic acids is 1. The Morgan fingerprint density at radius 3 is 2.39 bits per heavy atom. The summed E-state index contributed by atoms with van der Waals surface area (Å²) in [6, 6.07) is -0.783. The first-order chi connectivity index (χ1) is 8.16. The highest BCUT2D eigenvalue weighted by Crippen LogP contribution is 2.26. The molecule has 1 aliphatic rings. The van der Waals surface area contributed by atoms with Crippen molar-refractivity contribution in [1.29, 1.82) is 0 Å². The molecule has 0 aromatic carbocycles. The fourth-order valence-corrected chi connectivity index (χ4v) is 2.20. The molecule has 1 unspecified atom stereocenters. The standard InChI is InChI=1S/C13H24N2O3/c1-9(13(2,3)4)14(5)12(18)15-8-6-7-10(15)11(16)17/h9-10H,6-8H2,1-5H3,(H,16,17)/t9?,10-/m1/s1. The van der Waals surface area contributed by atoms with Gasteiger partial charge in [0.1, 0.15) is 6.04 Å². The topological polar surface area (TPSA) is 60.9 Å². The maximum absolute atomic E-state index is 12.3. The van der Waals surface area contributed by atoms with Gasteiger partial charge < -0.3 is 14.9 Å². The van der Waals surface area contributed by atoms with E-state index in [1.165, 1.54) is 4.90 Å². The van der Waals surface area contributed by atoms with Crippen molar-refractivity contribution in [1.82, 2.24) is 9.80 Å². The molecule has 0 aromatic rings. The molecule has 0 bridgehead atoms. The van der Waals surface area contributed by atoms with Crippen molar-refractivity contribution in [3.05, 3.63) is 0 Å². The number of carbonyl (C=O) groups excluding carboxylic acids is 1. The summed E-state index contributed by atoms with van der Waals surface area (Å²) in [5.74, 6) is -0.905. The zero-order valence-corrected chi connectivity index (χ0v) is 11.9. The molecule has 0 spiro atoms. The van der Waals surface area contributed by atoms with E-state index in [1.807, 2.05) is 6.92 Å². The largest absolute Gasteiger partial charge is 0.480 e. The number of rotatable bonds is 2. The first-order valence-electron chi connectivity index (χ1n) is 6.42. The maximum atomic E-state index is 12.3. The first-order valence-corrected chi connectivity index (χ1v) is 6.42. The van der Waals surface area contributed by atoms with Gasteiger partial charge in [-0.25, -0.2) is 9.59 Å². The molecule has 0 aliphatic carbocycles. The van der Waals surface area contributed by atoms with Crippen LogP contribution in [0.25, 0.3) is 0 Å². The molecule has 0 radical (unpaired) electrons. The molecular formula is C13H24N2O3. The highest BCUT2D eigenvalue weighted by molar-refractivity contribution is 5.83. The molecule has 5 heteroatoms. The average molecular weight is 256 g/mol. The number of carboxylic acid groups (broad SMARTS) is 1. The van der Waals surface area contributed by atoms with Crippen molar-refractivity contribution in [3.63, 3.8) is 0 Å². The van der Waals surface area contributed by atoms with E-state index in [4.69, 9.17) is 5.11 Å². The van der Waals surface area contributed by atoms with Gasteiger partial charge in [-0.05, 0) is 25.2 Å². The molecule has 1 N–H and O–H groups in total. The lowest BCUT2D eigenvalue weighted by molar-refractivity contribution is -0.141. The van der Waals surface area contributed by atoms with Crippen molar-refractivity contribution in [3.8, 4) is 0 Å². The molecule has 5 nitrogen and oxygen atoms in total. The Kier molecular flexibility index (Phi) is 4.24. The van der Waals surface area contributed by atoms with Gasteiger partial charge in [-0.1, -0.05) is 20.8 Å². The predicted molar refractivity (Wildman–Crippen MR) is 69.4 cm³/mol. The number of likely N-dealkylation sites (tertiary alicyclic amines) is 1. The Morgan fingerprint density at radius 2 is 1.94 bits per heavy atom. The van der Waals surface area contributed by atoms with Crippen LogP contribution in [-0.4, -0.2) is 52.6 Å². The number of carboxylic acids is 1. The molecule has 0 aromatic heterocycles. The fraction of sp³-hybridized carbons (Fsp3) is 0.846. The van der Waals surface area contributed by atoms with Crippen molar-refractivity contribution in [2.75, 3.05) is 13.6 Å². The quantitative estimate of drug-likeness (QED) is 0.822. The Morgan fingerprint density at radius 1 is 1.39 bits per heavy atom. The zero-order chi connectivity index (χ0) is 14.1. The fourth-order valence-electron chi connectivity index (χ4n) is 2.20. The second-order valence-electron chi connectivity index (χ2n) is 6.13. The molecular weight excluding hydrogens is 232 g/mol. The van der Waals surface area contributed by atoms with Crippen molar-refractivity contribution in [2.45, 2.75) is 52.6 Å². The van der Waals surface area contributed by atoms with Crippen LogP contribution >= 0.6 is 0 Å². The Labute approximate surface area is 109 Å². The molecule has 1 fully saturated rings. The van der Waals surface area contributed by atoms with E-state index in [0.717, 1.165) is 6.42 Å². The molecule has 1 rings (SSSR count). The summed E-state index contributed by atoms with van der Waals surface area (Å²) in [5, 5.41) is 9.10. The van der Waals surface area contributed by atoms with Gasteiger partial charge in [-0.2, -0.15) is 0 Å². The molecule has 104 valence electrons. The van der Waals surface area contributed by atoms with Gasteiger partial charge >= 0.3 is 12.0 Å². The van der Waals surface area contributed by atoms with Crippen molar-refractivity contribution >= 4 is 12.0 Å². The van der Waals surface area contributed by atoms with Crippen LogP contribution in [0.3, 0.4) is 0 Å². The van der Waals surface area contributed by atoms with Crippen molar-refractivity contribution in [2.24, 2.45) is 5.41 Å². The van der Waals surface area contributed by atoms with E-state index in [1.54, 1.807) is 11.9 Å². The molecule has 0 saturated carbocycles. The van der Waals surface area contributed by atoms with Gasteiger partial charge in [-0.3, -0.25) is 0 Å². The number of nitrogens with zero attached hydrogens (tertiary/aromatic N) is 2. The maximum Gasteiger partial charge on any atom is 0.326 e. The van der Waals surface area contributed by atoms with Crippen LogP contribution in [0.5, 0.6) is 0 Å². The number of urea groups is 1. The minimum Gasteiger partial charge on any atom is -0.480 e. The van der Waals surface area contributed by atoms with Gasteiger partial charge in [-0.15, -0.1) is 0 Å². The third-order valence-corrected chi connectivity index (χ3v) is 3.92. The summed E-state index contributed by atoms with van der Waals surface area (Å²) in [7, 11) is 1.75. The van der Waals surface area contributed by atoms with Crippen LogP contribution in [0.1, 0.15) is 40.5 Å². The van der Waals surface area contributed by atoms with Crippen molar-refractivity contribution < 1.29 is 14.7 Å². The summed E-state index contributed by atoms with van der Waals surface area (Å²) in [6.45, 7) is 8.74. The highest BCUT2D eigenvalue weighted by Gasteiger charge is 2.37. The molecule has 1 aliphatic heterocycles. The number of amides is 2. The van der Waals surface area contributed by atoms with E-state index in [2.05, 4.69) is 20.8 Å². The first kappa shape index (κ1) is 14.8. The lowest BCUT2D eigenvalue weighted by Gasteiger charge is -2.38. The van der Waals surface area contributed by atoms with E-state index < -0.39 is 12.0 Å². The van der Waals surface area contributed by atoms with E-state index in [9.17, 15) is 9.59 Å². The number of carbonyl (C=O) groups is 2. The van der Waals surface area contributed by atoms with Crippen LogP contribution in [0.2, 0.25) is 0 Å². The van der Waals surface area contributed by atoms with E-state index in [0.29, 0.717) is 13.0 Å².